The number of nitrogens with zero attached hydrogens (tertiary/aromatic N) is 2. The van der Waals surface area contributed by atoms with Gasteiger partial charge in [-0.1, -0.05) is 11.6 Å². The molecule has 3 rings (SSSR count). The zero-order valence-electron chi connectivity index (χ0n) is 9.23. The molecule has 0 aliphatic heterocycles. The van der Waals surface area contributed by atoms with Gasteiger partial charge in [-0.2, -0.15) is 0 Å². The van der Waals surface area contributed by atoms with Crippen LogP contribution in [-0.2, 0) is 6.54 Å². The largest absolute Gasteiger partial charge is 0.369 e. The third-order valence-electron chi connectivity index (χ3n) is 2.68. The SMILES string of the molecule is Nc1nc2ccc(Cl)cc2n1Cc1cc(Br)cs1. The fraction of sp³-hybridized carbons (Fsp3) is 0.0833. The molecule has 0 unspecified atom stereocenters. The van der Waals surface area contributed by atoms with E-state index < -0.39 is 0 Å². The van der Waals surface area contributed by atoms with Crippen LogP contribution in [0.25, 0.3) is 11.0 Å². The standard InChI is InChI=1S/C12H9BrClN3S/c13-7-3-9(18-6-7)5-17-11-4-8(14)1-2-10(11)16-12(17)15/h1-4,6H,5H2,(H2,15,16). The van der Waals surface area contributed by atoms with Gasteiger partial charge in [0.2, 0.25) is 5.95 Å². The second-order valence-electron chi connectivity index (χ2n) is 3.92. The lowest BCUT2D eigenvalue weighted by molar-refractivity contribution is 0.852. The summed E-state index contributed by atoms with van der Waals surface area (Å²) < 4.78 is 3.06. The topological polar surface area (TPSA) is 43.8 Å². The number of anilines is 1. The Morgan fingerprint density at radius 3 is 2.94 bits per heavy atom. The van der Waals surface area contributed by atoms with E-state index in [1.807, 2.05) is 22.8 Å². The molecule has 0 radical (unpaired) electrons. The van der Waals surface area contributed by atoms with E-state index in [-0.39, 0.29) is 0 Å². The van der Waals surface area contributed by atoms with Crippen molar-refractivity contribution >= 4 is 55.8 Å². The van der Waals surface area contributed by atoms with Gasteiger partial charge in [0.15, 0.2) is 0 Å². The number of fused-ring (bicyclic) bond motifs is 1. The number of thiophene rings is 1. The van der Waals surface area contributed by atoms with Crippen LogP contribution in [0.1, 0.15) is 4.88 Å². The quantitative estimate of drug-likeness (QED) is 0.760. The summed E-state index contributed by atoms with van der Waals surface area (Å²) in [5.74, 6) is 0.511. The number of hydrogen-bond acceptors (Lipinski definition) is 3. The molecule has 3 nitrogen and oxygen atoms in total. The first-order valence-electron chi connectivity index (χ1n) is 5.27. The predicted molar refractivity (Wildman–Crippen MR) is 80.3 cm³/mol. The first-order chi connectivity index (χ1) is 8.63. The molecule has 2 aromatic heterocycles. The minimum atomic E-state index is 0.511. The van der Waals surface area contributed by atoms with Gasteiger partial charge in [0.1, 0.15) is 0 Å². The summed E-state index contributed by atoms with van der Waals surface area (Å²) in [5, 5.41) is 2.74. The van der Waals surface area contributed by atoms with Crippen molar-refractivity contribution < 1.29 is 0 Å². The van der Waals surface area contributed by atoms with E-state index in [4.69, 9.17) is 17.3 Å². The van der Waals surface area contributed by atoms with Crippen molar-refractivity contribution in [3.8, 4) is 0 Å². The van der Waals surface area contributed by atoms with Crippen molar-refractivity contribution in [3.05, 3.63) is 44.0 Å². The van der Waals surface area contributed by atoms with Crippen LogP contribution in [0.5, 0.6) is 0 Å². The minimum absolute atomic E-state index is 0.511. The molecular weight excluding hydrogens is 334 g/mol. The zero-order chi connectivity index (χ0) is 12.7. The van der Waals surface area contributed by atoms with Crippen LogP contribution < -0.4 is 5.73 Å². The van der Waals surface area contributed by atoms with Crippen LogP contribution in [-0.4, -0.2) is 9.55 Å². The maximum atomic E-state index is 6.02. The summed E-state index contributed by atoms with van der Waals surface area (Å²) in [4.78, 5) is 5.55. The molecule has 0 saturated carbocycles. The number of imidazole rings is 1. The number of nitrogen functional groups attached to an aromatic ring is 1. The van der Waals surface area contributed by atoms with Gasteiger partial charge in [-0.3, -0.25) is 0 Å². The lowest BCUT2D eigenvalue weighted by Gasteiger charge is -2.04. The van der Waals surface area contributed by atoms with Crippen LogP contribution in [0.2, 0.25) is 5.02 Å². The Kier molecular flexibility index (Phi) is 3.05. The lowest BCUT2D eigenvalue weighted by Crippen LogP contribution is -2.03. The van der Waals surface area contributed by atoms with Gasteiger partial charge in [-0.15, -0.1) is 11.3 Å². The van der Waals surface area contributed by atoms with E-state index in [0.717, 1.165) is 15.5 Å². The summed E-state index contributed by atoms with van der Waals surface area (Å²) in [6.45, 7) is 0.707. The van der Waals surface area contributed by atoms with Gasteiger partial charge in [0, 0.05) is 19.8 Å². The summed E-state index contributed by atoms with van der Waals surface area (Å²) in [6, 6.07) is 7.68. The molecule has 0 fully saturated rings. The second kappa shape index (κ2) is 4.57. The number of nitrogens with two attached hydrogens (primary N) is 1. The zero-order valence-corrected chi connectivity index (χ0v) is 12.4. The maximum Gasteiger partial charge on any atom is 0.201 e. The van der Waals surface area contributed by atoms with E-state index in [2.05, 4.69) is 32.4 Å². The molecule has 0 atom stereocenters. The Hall–Kier alpha value is -1.04. The molecule has 0 bridgehead atoms. The van der Waals surface area contributed by atoms with Gasteiger partial charge < -0.3 is 10.3 Å². The van der Waals surface area contributed by atoms with Crippen molar-refractivity contribution in [1.82, 2.24) is 9.55 Å². The van der Waals surface area contributed by atoms with Crippen molar-refractivity contribution in [2.75, 3.05) is 5.73 Å². The third kappa shape index (κ3) is 2.13. The Labute approximate surface area is 121 Å². The molecule has 6 heteroatoms. The van der Waals surface area contributed by atoms with E-state index in [1.54, 1.807) is 11.3 Å². The molecule has 0 amide bonds. The molecule has 92 valence electrons. The van der Waals surface area contributed by atoms with E-state index >= 15 is 0 Å². The summed E-state index contributed by atoms with van der Waals surface area (Å²) >= 11 is 11.2. The van der Waals surface area contributed by atoms with Gasteiger partial charge >= 0.3 is 0 Å². The fourth-order valence-corrected chi connectivity index (χ4v) is 3.48. The highest BCUT2D eigenvalue weighted by Gasteiger charge is 2.10. The molecule has 0 saturated heterocycles. The van der Waals surface area contributed by atoms with Gasteiger partial charge in [0.05, 0.1) is 17.6 Å². The van der Waals surface area contributed by atoms with Crippen LogP contribution in [0.4, 0.5) is 5.95 Å². The molecule has 2 heterocycles. The summed E-state index contributed by atoms with van der Waals surface area (Å²) in [6.07, 6.45) is 0. The Bertz CT molecular complexity index is 719. The van der Waals surface area contributed by atoms with E-state index in [0.29, 0.717) is 17.5 Å². The summed E-state index contributed by atoms with van der Waals surface area (Å²) in [5.41, 5.74) is 7.79. The van der Waals surface area contributed by atoms with Gasteiger partial charge in [0.25, 0.3) is 0 Å². The van der Waals surface area contributed by atoms with E-state index in [1.165, 1.54) is 4.88 Å². The van der Waals surface area contributed by atoms with Gasteiger partial charge in [-0.05, 0) is 40.2 Å². The highest BCUT2D eigenvalue weighted by molar-refractivity contribution is 9.10. The van der Waals surface area contributed by atoms with E-state index in [9.17, 15) is 0 Å². The highest BCUT2D eigenvalue weighted by Crippen LogP contribution is 2.26. The van der Waals surface area contributed by atoms with Crippen molar-refractivity contribution in [2.45, 2.75) is 6.54 Å². The molecular formula is C12H9BrClN3S. The van der Waals surface area contributed by atoms with Crippen LogP contribution in [0.3, 0.4) is 0 Å². The fourth-order valence-electron chi connectivity index (χ4n) is 1.87. The Morgan fingerprint density at radius 2 is 2.22 bits per heavy atom. The molecule has 0 spiro atoms. The predicted octanol–water partition coefficient (Wildman–Crippen LogP) is 4.14. The van der Waals surface area contributed by atoms with Crippen molar-refractivity contribution in [3.63, 3.8) is 0 Å². The molecule has 2 N–H and O–H groups in total. The highest BCUT2D eigenvalue weighted by atomic mass is 79.9. The summed E-state index contributed by atoms with van der Waals surface area (Å²) in [7, 11) is 0. The normalized spacial score (nSPS) is 11.2. The monoisotopic (exact) mass is 341 g/mol. The maximum absolute atomic E-state index is 6.02. The van der Waals surface area contributed by atoms with Crippen molar-refractivity contribution in [2.24, 2.45) is 0 Å². The Balaban J connectivity index is 2.10. The average molecular weight is 343 g/mol. The lowest BCUT2D eigenvalue weighted by atomic mass is 10.3. The second-order valence-corrected chi connectivity index (χ2v) is 6.27. The van der Waals surface area contributed by atoms with Crippen molar-refractivity contribution in [1.29, 1.82) is 0 Å². The molecule has 0 aliphatic carbocycles. The third-order valence-corrected chi connectivity index (χ3v) is 4.59. The van der Waals surface area contributed by atoms with Gasteiger partial charge in [-0.25, -0.2) is 4.98 Å². The van der Waals surface area contributed by atoms with Crippen LogP contribution >= 0.6 is 38.9 Å². The first-order valence-corrected chi connectivity index (χ1v) is 7.33. The first kappa shape index (κ1) is 12.0. The molecule has 18 heavy (non-hydrogen) atoms. The van der Waals surface area contributed by atoms with Crippen LogP contribution in [0, 0.1) is 0 Å². The molecule has 0 aliphatic rings. The number of halogens is 2. The number of aromatic nitrogens is 2. The molecule has 1 aromatic carbocycles. The molecule has 3 aromatic rings. The average Bonchev–Trinajstić information content (AvgIpc) is 2.86. The number of rotatable bonds is 2. The number of benzene rings is 1. The minimum Gasteiger partial charge on any atom is -0.369 e. The smallest absolute Gasteiger partial charge is 0.201 e. The van der Waals surface area contributed by atoms with Crippen LogP contribution in [0.15, 0.2) is 34.1 Å². The Morgan fingerprint density at radius 1 is 1.39 bits per heavy atom. The number of hydrogen-bond donors (Lipinski definition) is 1.